The van der Waals surface area contributed by atoms with Crippen molar-refractivity contribution < 1.29 is 0 Å². The lowest BCUT2D eigenvalue weighted by atomic mass is 9.96. The second kappa shape index (κ2) is 6.81. The van der Waals surface area contributed by atoms with Crippen LogP contribution >= 0.6 is 0 Å². The molecule has 4 rings (SSSR count). The van der Waals surface area contributed by atoms with Crippen molar-refractivity contribution in [1.82, 2.24) is 25.0 Å². The summed E-state index contributed by atoms with van der Waals surface area (Å²) in [6.45, 7) is 6.38. The zero-order valence-corrected chi connectivity index (χ0v) is 13.6. The van der Waals surface area contributed by atoms with Crippen molar-refractivity contribution in [3.63, 3.8) is 0 Å². The molecule has 1 N–H and O–H groups in total. The number of nitrogens with zero attached hydrogens (tertiary/aromatic N) is 4. The molecule has 1 atom stereocenters. The van der Waals surface area contributed by atoms with Gasteiger partial charge < -0.3 is 14.8 Å². The van der Waals surface area contributed by atoms with Crippen LogP contribution in [0, 0.1) is 0 Å². The highest BCUT2D eigenvalue weighted by Crippen LogP contribution is 2.26. The Morgan fingerprint density at radius 2 is 2.04 bits per heavy atom. The molecule has 1 aromatic heterocycles. The molecule has 0 radical (unpaired) electrons. The summed E-state index contributed by atoms with van der Waals surface area (Å²) in [6, 6.07) is 10.8. The molecule has 2 aromatic rings. The molecule has 1 fully saturated rings. The fraction of sp³-hybridized carbons (Fsp3) is 0.556. The van der Waals surface area contributed by atoms with Gasteiger partial charge in [-0.2, -0.15) is 0 Å². The third kappa shape index (κ3) is 3.31. The summed E-state index contributed by atoms with van der Waals surface area (Å²) in [4.78, 5) is 2.60. The standard InChI is InChI=1S/C18H25N5/c1-2-5-15(6-3-1)8-11-22-10-4-7-16(14-22)18-21-20-17-13-19-9-12-23(17)18/h1-3,5-6,16,19H,4,7-14H2. The van der Waals surface area contributed by atoms with Gasteiger partial charge in [-0.05, 0) is 31.4 Å². The topological polar surface area (TPSA) is 46.0 Å². The van der Waals surface area contributed by atoms with E-state index in [0.717, 1.165) is 45.0 Å². The quantitative estimate of drug-likeness (QED) is 0.935. The van der Waals surface area contributed by atoms with E-state index in [1.807, 2.05) is 0 Å². The number of fused-ring (bicyclic) bond motifs is 1. The first-order chi connectivity index (χ1) is 11.4. The van der Waals surface area contributed by atoms with Gasteiger partial charge >= 0.3 is 0 Å². The molecule has 1 aromatic carbocycles. The van der Waals surface area contributed by atoms with Crippen LogP contribution in [0.15, 0.2) is 30.3 Å². The molecule has 2 aliphatic heterocycles. The number of piperidine rings is 1. The van der Waals surface area contributed by atoms with Crippen molar-refractivity contribution in [2.75, 3.05) is 26.2 Å². The fourth-order valence-corrected chi connectivity index (χ4v) is 3.82. The maximum absolute atomic E-state index is 4.52. The van der Waals surface area contributed by atoms with E-state index in [-0.39, 0.29) is 0 Å². The van der Waals surface area contributed by atoms with Gasteiger partial charge in [-0.3, -0.25) is 0 Å². The fourth-order valence-electron chi connectivity index (χ4n) is 3.82. The molecule has 1 saturated heterocycles. The number of hydrogen-bond donors (Lipinski definition) is 1. The first kappa shape index (κ1) is 14.8. The molecule has 0 saturated carbocycles. The number of nitrogens with one attached hydrogen (secondary N) is 1. The highest BCUT2D eigenvalue weighted by atomic mass is 15.3. The smallest absolute Gasteiger partial charge is 0.147 e. The van der Waals surface area contributed by atoms with Crippen LogP contribution in [-0.2, 0) is 19.5 Å². The predicted octanol–water partition coefficient (Wildman–Crippen LogP) is 1.80. The molecule has 1 unspecified atom stereocenters. The SMILES string of the molecule is c1ccc(CCN2CCCC(c3nnc4n3CCNC4)C2)cc1. The molecule has 0 spiro atoms. The molecule has 3 heterocycles. The number of hydrogen-bond acceptors (Lipinski definition) is 4. The van der Waals surface area contributed by atoms with Crippen LogP contribution in [0.4, 0.5) is 0 Å². The van der Waals surface area contributed by atoms with Gasteiger partial charge in [0, 0.05) is 32.1 Å². The maximum atomic E-state index is 4.52. The Labute approximate surface area is 137 Å². The van der Waals surface area contributed by atoms with Gasteiger partial charge in [0.05, 0.1) is 6.54 Å². The van der Waals surface area contributed by atoms with E-state index in [1.165, 1.54) is 30.8 Å². The highest BCUT2D eigenvalue weighted by Gasteiger charge is 2.27. The summed E-state index contributed by atoms with van der Waals surface area (Å²) in [5.41, 5.74) is 1.43. The summed E-state index contributed by atoms with van der Waals surface area (Å²) in [7, 11) is 0. The molecular formula is C18H25N5. The van der Waals surface area contributed by atoms with E-state index in [1.54, 1.807) is 0 Å². The molecule has 0 aliphatic carbocycles. The summed E-state index contributed by atoms with van der Waals surface area (Å²) in [5, 5.41) is 12.3. The molecular weight excluding hydrogens is 286 g/mol. The summed E-state index contributed by atoms with van der Waals surface area (Å²) in [5.74, 6) is 2.86. The number of rotatable bonds is 4. The Hall–Kier alpha value is -1.72. The van der Waals surface area contributed by atoms with Crippen LogP contribution in [0.2, 0.25) is 0 Å². The molecule has 122 valence electrons. The van der Waals surface area contributed by atoms with Crippen molar-refractivity contribution in [3.05, 3.63) is 47.5 Å². The average molecular weight is 311 g/mol. The van der Waals surface area contributed by atoms with Gasteiger partial charge in [-0.15, -0.1) is 10.2 Å². The number of benzene rings is 1. The Morgan fingerprint density at radius 3 is 2.96 bits per heavy atom. The molecule has 0 bridgehead atoms. The van der Waals surface area contributed by atoms with Crippen molar-refractivity contribution in [3.8, 4) is 0 Å². The third-order valence-corrected chi connectivity index (χ3v) is 5.08. The largest absolute Gasteiger partial charge is 0.312 e. The van der Waals surface area contributed by atoms with Gasteiger partial charge in [-0.1, -0.05) is 30.3 Å². The van der Waals surface area contributed by atoms with Crippen LogP contribution in [0.5, 0.6) is 0 Å². The summed E-state index contributed by atoms with van der Waals surface area (Å²) in [6.07, 6.45) is 3.64. The van der Waals surface area contributed by atoms with Crippen molar-refractivity contribution in [2.24, 2.45) is 0 Å². The Bertz CT molecular complexity index is 636. The minimum absolute atomic E-state index is 0.541. The second-order valence-electron chi connectivity index (χ2n) is 6.68. The lowest BCUT2D eigenvalue weighted by Gasteiger charge is -2.32. The van der Waals surface area contributed by atoms with Crippen LogP contribution in [0.25, 0.3) is 0 Å². The van der Waals surface area contributed by atoms with Gasteiger partial charge in [0.15, 0.2) is 0 Å². The highest BCUT2D eigenvalue weighted by molar-refractivity contribution is 5.15. The number of likely N-dealkylation sites (tertiary alicyclic amines) is 1. The van der Waals surface area contributed by atoms with Crippen LogP contribution < -0.4 is 5.32 Å². The van der Waals surface area contributed by atoms with E-state index in [2.05, 4.69) is 55.3 Å². The first-order valence-corrected chi connectivity index (χ1v) is 8.79. The van der Waals surface area contributed by atoms with Gasteiger partial charge in [0.25, 0.3) is 0 Å². The summed E-state index contributed by atoms with van der Waals surface area (Å²) >= 11 is 0. The van der Waals surface area contributed by atoms with E-state index in [4.69, 9.17) is 0 Å². The van der Waals surface area contributed by atoms with E-state index >= 15 is 0 Å². The Kier molecular flexibility index (Phi) is 4.39. The lowest BCUT2D eigenvalue weighted by Crippen LogP contribution is -2.37. The van der Waals surface area contributed by atoms with Crippen molar-refractivity contribution >= 4 is 0 Å². The molecule has 23 heavy (non-hydrogen) atoms. The van der Waals surface area contributed by atoms with E-state index < -0.39 is 0 Å². The van der Waals surface area contributed by atoms with Crippen LogP contribution in [0.3, 0.4) is 0 Å². The zero-order valence-electron chi connectivity index (χ0n) is 13.6. The Morgan fingerprint density at radius 1 is 1.13 bits per heavy atom. The average Bonchev–Trinajstić information content (AvgIpc) is 3.05. The second-order valence-corrected chi connectivity index (χ2v) is 6.68. The van der Waals surface area contributed by atoms with Gasteiger partial charge in [0.1, 0.15) is 11.6 Å². The van der Waals surface area contributed by atoms with Gasteiger partial charge in [-0.25, -0.2) is 0 Å². The summed E-state index contributed by atoms with van der Waals surface area (Å²) < 4.78 is 2.35. The molecule has 5 nitrogen and oxygen atoms in total. The Balaban J connectivity index is 1.40. The van der Waals surface area contributed by atoms with Crippen molar-refractivity contribution in [1.29, 1.82) is 0 Å². The minimum Gasteiger partial charge on any atom is -0.312 e. The lowest BCUT2D eigenvalue weighted by molar-refractivity contribution is 0.203. The minimum atomic E-state index is 0.541. The molecule has 2 aliphatic rings. The third-order valence-electron chi connectivity index (χ3n) is 5.08. The predicted molar refractivity (Wildman–Crippen MR) is 90.3 cm³/mol. The van der Waals surface area contributed by atoms with Gasteiger partial charge in [0.2, 0.25) is 0 Å². The van der Waals surface area contributed by atoms with E-state index in [0.29, 0.717) is 5.92 Å². The van der Waals surface area contributed by atoms with Crippen LogP contribution in [0.1, 0.15) is 36.0 Å². The van der Waals surface area contributed by atoms with E-state index in [9.17, 15) is 0 Å². The normalized spacial score (nSPS) is 22.0. The molecule has 5 heteroatoms. The first-order valence-electron chi connectivity index (χ1n) is 8.79. The number of aromatic nitrogens is 3. The molecule has 0 amide bonds. The van der Waals surface area contributed by atoms with Crippen molar-refractivity contribution in [2.45, 2.75) is 38.3 Å². The van der Waals surface area contributed by atoms with Crippen LogP contribution in [-0.4, -0.2) is 45.8 Å². The zero-order chi connectivity index (χ0) is 15.5. The maximum Gasteiger partial charge on any atom is 0.147 e. The monoisotopic (exact) mass is 311 g/mol.